The molecule has 2 heterocycles. The molecule has 14 atom stereocenters. The van der Waals surface area contributed by atoms with Crippen LogP contribution in [0.5, 0.6) is 5.75 Å². The number of unbranched alkanes of at least 4 members (excludes halogenated alkanes) is 2. The summed E-state index contributed by atoms with van der Waals surface area (Å²) in [4.78, 5) is 156. The quantitative estimate of drug-likeness (QED) is 0.0688. The number of benzene rings is 1. The number of nitrogens with one attached hydrogen (secondary N) is 10. The van der Waals surface area contributed by atoms with Crippen molar-refractivity contribution in [1.29, 1.82) is 0 Å². The molecule has 2 saturated heterocycles. The first-order valence-corrected chi connectivity index (χ1v) is 30.0. The SMILES string of the molecule is CC=C1NC(=O)C(CO)NC(=O)CC(CCCCC)NC(=O)CNC(=O)C(C(C)CC)NC(=O)C(C(C)CC)NC(=O)C(C(C)CC)NC(=O)C(C(C)CC)NC(=O)C(Cc2ccc(O)cc2)NC(=O)C(CCO)NC(=O)C2CC(O)CN2C1=O. The summed E-state index contributed by atoms with van der Waals surface area (Å²) in [7, 11) is 0. The van der Waals surface area contributed by atoms with Gasteiger partial charge in [0, 0.05) is 38.5 Å². The number of rotatable bonds is 17. The molecule has 2 fully saturated rings. The van der Waals surface area contributed by atoms with E-state index in [2.05, 4.69) is 53.2 Å². The minimum absolute atomic E-state index is 0.0951. The Morgan fingerprint density at radius 3 is 1.54 bits per heavy atom. The Balaban J connectivity index is 2.18. The van der Waals surface area contributed by atoms with E-state index >= 15 is 0 Å². The number of hydrogen-bond acceptors (Lipinski definition) is 15. The van der Waals surface area contributed by atoms with Gasteiger partial charge in [0.15, 0.2) is 0 Å². The summed E-state index contributed by atoms with van der Waals surface area (Å²) >= 11 is 0. The van der Waals surface area contributed by atoms with Gasteiger partial charge in [-0.1, -0.05) is 125 Å². The zero-order valence-corrected chi connectivity index (χ0v) is 51.0. The molecular formula is C59H95N11O15. The van der Waals surface area contributed by atoms with E-state index in [4.69, 9.17) is 0 Å². The molecule has 26 heteroatoms. The normalized spacial score (nSPS) is 27.6. The fourth-order valence-electron chi connectivity index (χ4n) is 9.81. The van der Waals surface area contributed by atoms with Gasteiger partial charge >= 0.3 is 0 Å². The first-order chi connectivity index (χ1) is 40.3. The molecule has 14 N–H and O–H groups in total. The Morgan fingerprint density at radius 1 is 0.565 bits per heavy atom. The summed E-state index contributed by atoms with van der Waals surface area (Å²) < 4.78 is 0. The van der Waals surface area contributed by atoms with Crippen molar-refractivity contribution in [2.75, 3.05) is 26.3 Å². The van der Waals surface area contributed by atoms with E-state index in [1.165, 1.54) is 37.3 Å². The number of hydrogen-bond donors (Lipinski definition) is 14. The molecule has 1 aromatic rings. The van der Waals surface area contributed by atoms with Crippen molar-refractivity contribution in [1.82, 2.24) is 58.1 Å². The van der Waals surface area contributed by atoms with Crippen LogP contribution in [0.2, 0.25) is 0 Å². The van der Waals surface area contributed by atoms with E-state index in [1.807, 2.05) is 6.92 Å². The number of fused-ring (bicyclic) bond motifs is 1. The van der Waals surface area contributed by atoms with E-state index in [0.717, 1.165) is 17.7 Å². The summed E-state index contributed by atoms with van der Waals surface area (Å²) in [5.74, 6) is -11.4. The molecule has 26 nitrogen and oxygen atoms in total. The van der Waals surface area contributed by atoms with Crippen LogP contribution in [0.3, 0.4) is 0 Å². The highest BCUT2D eigenvalue weighted by atomic mass is 16.3. The second-order valence-corrected chi connectivity index (χ2v) is 22.5. The van der Waals surface area contributed by atoms with Crippen molar-refractivity contribution in [3.63, 3.8) is 0 Å². The number of phenols is 1. The van der Waals surface area contributed by atoms with Crippen LogP contribution < -0.4 is 53.2 Å². The minimum atomic E-state index is -1.63. The third-order valence-electron chi connectivity index (χ3n) is 16.1. The predicted molar refractivity (Wildman–Crippen MR) is 314 cm³/mol. The average Bonchev–Trinajstić information content (AvgIpc) is 3.08. The number of allylic oxidation sites excluding steroid dienone is 1. The molecule has 11 amide bonds. The summed E-state index contributed by atoms with van der Waals surface area (Å²) in [5.41, 5.74) is 0.0338. The number of nitrogens with zero attached hydrogens (tertiary/aromatic N) is 1. The second kappa shape index (κ2) is 36.0. The first-order valence-electron chi connectivity index (χ1n) is 30.0. The lowest BCUT2D eigenvalue weighted by Gasteiger charge is -2.32. The second-order valence-electron chi connectivity index (χ2n) is 22.5. The van der Waals surface area contributed by atoms with Crippen molar-refractivity contribution in [2.24, 2.45) is 23.7 Å². The summed E-state index contributed by atoms with van der Waals surface area (Å²) in [5, 5.41) is 67.8. The molecule has 85 heavy (non-hydrogen) atoms. The number of carbonyl (C=O) groups excluding carboxylic acids is 11. The summed E-state index contributed by atoms with van der Waals surface area (Å²) in [6.07, 6.45) is 2.53. The van der Waals surface area contributed by atoms with Crippen LogP contribution in [-0.2, 0) is 59.2 Å². The van der Waals surface area contributed by atoms with Crippen LogP contribution in [0.15, 0.2) is 36.0 Å². The largest absolute Gasteiger partial charge is 0.508 e. The van der Waals surface area contributed by atoms with Gasteiger partial charge < -0.3 is 78.5 Å². The standard InChI is InChI=1S/C59H95N11O15/c1-11-17-18-19-37-27-45(75)62-43(31-72)53(79)63-40(16-6)59(85)70-30-39(74)28-44(70)54(80)64-41(24-25-71)51(77)65-42(26-36-20-22-38(73)23-21-36)52(78)66-48(33(8)13-3)56(82)68-50(35(10)15-5)58(84)69-49(34(9)14-4)57(83)67-47(32(7)12-2)55(81)60-29-46(76)61-37/h16,20-23,32-35,37,39,41-44,47-50,71-74H,11-15,17-19,24-31H2,1-10H3,(H,60,81)(H,61,76)(H,62,75)(H,63,79)(H,64,80)(H,65,77)(H,66,78)(H,67,83)(H,68,82)(H,69,84). The van der Waals surface area contributed by atoms with E-state index < -0.39 is 188 Å². The van der Waals surface area contributed by atoms with Gasteiger partial charge in [-0.15, -0.1) is 0 Å². The lowest BCUT2D eigenvalue weighted by molar-refractivity contribution is -0.139. The van der Waals surface area contributed by atoms with Crippen molar-refractivity contribution < 1.29 is 73.2 Å². The van der Waals surface area contributed by atoms with Gasteiger partial charge in [0.25, 0.3) is 5.91 Å². The topological polar surface area (TPSA) is 392 Å². The van der Waals surface area contributed by atoms with E-state index in [9.17, 15) is 73.2 Å². The maximum absolute atomic E-state index is 14.6. The molecule has 0 bridgehead atoms. The number of aromatic hydroxyl groups is 1. The van der Waals surface area contributed by atoms with E-state index in [0.29, 0.717) is 44.1 Å². The van der Waals surface area contributed by atoms with Crippen LogP contribution in [0.4, 0.5) is 0 Å². The minimum Gasteiger partial charge on any atom is -0.508 e. The van der Waals surface area contributed by atoms with Crippen LogP contribution in [0.25, 0.3) is 0 Å². The fourth-order valence-corrected chi connectivity index (χ4v) is 9.81. The van der Waals surface area contributed by atoms with Crippen LogP contribution in [0, 0.1) is 23.7 Å². The molecule has 0 radical (unpaired) electrons. The summed E-state index contributed by atoms with van der Waals surface area (Å²) in [6, 6.07) is -6.29. The monoisotopic (exact) mass is 1200 g/mol. The number of carbonyl (C=O) groups is 11. The molecule has 3 rings (SSSR count). The zero-order valence-electron chi connectivity index (χ0n) is 51.0. The number of aliphatic hydroxyl groups is 3. The van der Waals surface area contributed by atoms with Gasteiger partial charge in [0.05, 0.1) is 19.3 Å². The van der Waals surface area contributed by atoms with E-state index in [-0.39, 0.29) is 25.0 Å². The highest BCUT2D eigenvalue weighted by Crippen LogP contribution is 2.22. The van der Waals surface area contributed by atoms with Crippen LogP contribution in [0.1, 0.15) is 145 Å². The molecule has 14 unspecified atom stereocenters. The van der Waals surface area contributed by atoms with Gasteiger partial charge in [-0.3, -0.25) is 52.7 Å². The number of aliphatic hydroxyl groups excluding tert-OH is 3. The number of phenolic OH excluding ortho intramolecular Hbond substituents is 1. The maximum atomic E-state index is 14.6. The molecule has 2 aliphatic heterocycles. The molecule has 0 aliphatic carbocycles. The van der Waals surface area contributed by atoms with Crippen molar-refractivity contribution in [3.05, 3.63) is 41.6 Å². The lowest BCUT2D eigenvalue weighted by atomic mass is 9.92. The Kier molecular flexibility index (Phi) is 30.5. The van der Waals surface area contributed by atoms with Gasteiger partial charge in [0.2, 0.25) is 59.1 Å². The van der Waals surface area contributed by atoms with Crippen molar-refractivity contribution >= 4 is 65.0 Å². The third-order valence-corrected chi connectivity index (χ3v) is 16.1. The molecule has 2 aliphatic rings. The van der Waals surface area contributed by atoms with Crippen molar-refractivity contribution in [3.8, 4) is 5.75 Å². The van der Waals surface area contributed by atoms with E-state index in [1.54, 1.807) is 55.4 Å². The Morgan fingerprint density at radius 2 is 1.06 bits per heavy atom. The zero-order chi connectivity index (χ0) is 63.7. The Bertz CT molecular complexity index is 2480. The van der Waals surface area contributed by atoms with Gasteiger partial charge in [-0.05, 0) is 61.1 Å². The van der Waals surface area contributed by atoms with Crippen molar-refractivity contribution in [2.45, 2.75) is 207 Å². The highest BCUT2D eigenvalue weighted by molar-refractivity contribution is 6.02. The molecule has 0 saturated carbocycles. The predicted octanol–water partition coefficient (Wildman–Crippen LogP) is -0.546. The fraction of sp³-hybridized carbons (Fsp3) is 0.678. The summed E-state index contributed by atoms with van der Waals surface area (Å²) in [6.45, 7) is 14.8. The smallest absolute Gasteiger partial charge is 0.270 e. The van der Waals surface area contributed by atoms with Gasteiger partial charge in [-0.25, -0.2) is 0 Å². The van der Waals surface area contributed by atoms with Crippen LogP contribution >= 0.6 is 0 Å². The molecular weight excluding hydrogens is 1100 g/mol. The first kappa shape index (κ1) is 72.1. The van der Waals surface area contributed by atoms with Gasteiger partial charge in [0.1, 0.15) is 59.8 Å². The van der Waals surface area contributed by atoms with Gasteiger partial charge in [-0.2, -0.15) is 0 Å². The maximum Gasteiger partial charge on any atom is 0.270 e. The average molecular weight is 1200 g/mol. The molecule has 1 aromatic carbocycles. The Labute approximate surface area is 498 Å². The molecule has 0 spiro atoms. The van der Waals surface area contributed by atoms with Crippen LogP contribution in [-0.4, -0.2) is 177 Å². The molecule has 476 valence electrons. The lowest BCUT2D eigenvalue weighted by Crippen LogP contribution is -2.63. The number of amides is 11. The molecule has 0 aromatic heterocycles. The third kappa shape index (κ3) is 22.0. The highest BCUT2D eigenvalue weighted by Gasteiger charge is 2.43. The Hall–Kier alpha value is -7.19.